The molecular formula is C18H23ClN4O3. The van der Waals surface area contributed by atoms with Gasteiger partial charge >= 0.3 is 0 Å². The van der Waals surface area contributed by atoms with Crippen molar-refractivity contribution in [3.05, 3.63) is 34.5 Å². The number of halogens is 1. The Hall–Kier alpha value is -2.27. The van der Waals surface area contributed by atoms with E-state index in [-0.39, 0.29) is 5.57 Å². The number of benzene rings is 1. The Kier molecular flexibility index (Phi) is 7.73. The van der Waals surface area contributed by atoms with Crippen LogP contribution in [0.2, 0.25) is 5.02 Å². The lowest BCUT2D eigenvalue weighted by atomic mass is 10.2. The van der Waals surface area contributed by atoms with Crippen molar-refractivity contribution in [2.75, 3.05) is 51.8 Å². The number of nitrogens with zero attached hydrogens (tertiary/aromatic N) is 2. The quantitative estimate of drug-likeness (QED) is 0.557. The lowest BCUT2D eigenvalue weighted by Crippen LogP contribution is -2.41. The minimum Gasteiger partial charge on any atom is -0.495 e. The first kappa shape index (κ1) is 20.0. The molecule has 2 N–H and O–H groups in total. The summed E-state index contributed by atoms with van der Waals surface area (Å²) in [5.41, 5.74) is 1.47. The molecule has 2 rings (SSSR count). The highest BCUT2D eigenvalue weighted by molar-refractivity contribution is 6.31. The molecule has 1 heterocycles. The predicted molar refractivity (Wildman–Crippen MR) is 100 cm³/mol. The number of nitriles is 1. The second-order valence-electron chi connectivity index (χ2n) is 5.83. The largest absolute Gasteiger partial charge is 0.495 e. The molecule has 26 heavy (non-hydrogen) atoms. The van der Waals surface area contributed by atoms with Crippen LogP contribution in [0.4, 0.5) is 5.69 Å². The monoisotopic (exact) mass is 378 g/mol. The molecule has 8 heteroatoms. The van der Waals surface area contributed by atoms with Gasteiger partial charge in [-0.25, -0.2) is 0 Å². The molecule has 1 aromatic rings. The van der Waals surface area contributed by atoms with Gasteiger partial charge in [-0.15, -0.1) is 0 Å². The van der Waals surface area contributed by atoms with Gasteiger partial charge in [0.2, 0.25) is 0 Å². The van der Waals surface area contributed by atoms with Gasteiger partial charge in [-0.2, -0.15) is 5.26 Å². The maximum atomic E-state index is 12.2. The van der Waals surface area contributed by atoms with Crippen LogP contribution in [0.3, 0.4) is 0 Å². The molecule has 1 aromatic carbocycles. The Morgan fingerprint density at radius 1 is 1.46 bits per heavy atom. The summed E-state index contributed by atoms with van der Waals surface area (Å²) in [4.78, 5) is 14.4. The summed E-state index contributed by atoms with van der Waals surface area (Å²) in [6.45, 7) is 6.20. The normalized spacial score (nSPS) is 15.2. The topological polar surface area (TPSA) is 86.6 Å². The van der Waals surface area contributed by atoms with E-state index in [2.05, 4.69) is 15.5 Å². The van der Waals surface area contributed by atoms with E-state index in [0.717, 1.165) is 25.2 Å². The molecule has 1 amide bonds. The third kappa shape index (κ3) is 5.63. The zero-order valence-electron chi connectivity index (χ0n) is 15.0. The molecule has 1 fully saturated rings. The van der Waals surface area contributed by atoms with Crippen LogP contribution in [-0.2, 0) is 9.53 Å². The molecule has 140 valence electrons. The van der Waals surface area contributed by atoms with E-state index in [1.54, 1.807) is 12.1 Å². The van der Waals surface area contributed by atoms with Crippen molar-refractivity contribution < 1.29 is 14.3 Å². The highest BCUT2D eigenvalue weighted by Crippen LogP contribution is 2.31. The molecule has 0 unspecified atom stereocenters. The summed E-state index contributed by atoms with van der Waals surface area (Å²) in [5.74, 6) is 0.111. The van der Waals surface area contributed by atoms with Crippen LogP contribution < -0.4 is 15.4 Å². The second-order valence-corrected chi connectivity index (χ2v) is 6.23. The molecule has 0 spiro atoms. The summed E-state index contributed by atoms with van der Waals surface area (Å²) in [6.07, 6.45) is 1.37. The van der Waals surface area contributed by atoms with Gasteiger partial charge in [0.25, 0.3) is 5.91 Å². The van der Waals surface area contributed by atoms with Crippen molar-refractivity contribution in [1.82, 2.24) is 10.2 Å². The van der Waals surface area contributed by atoms with Crippen LogP contribution >= 0.6 is 11.6 Å². The van der Waals surface area contributed by atoms with Crippen molar-refractivity contribution >= 4 is 23.2 Å². The van der Waals surface area contributed by atoms with Crippen molar-refractivity contribution in [1.29, 1.82) is 5.26 Å². The number of ether oxygens (including phenoxy) is 2. The number of nitrogens with one attached hydrogen (secondary N) is 2. The Balaban J connectivity index is 1.93. The number of carbonyl (C=O) groups excluding carboxylic acids is 1. The molecule has 0 saturated carbocycles. The first-order chi connectivity index (χ1) is 12.5. The van der Waals surface area contributed by atoms with E-state index >= 15 is 0 Å². The zero-order valence-corrected chi connectivity index (χ0v) is 15.7. The maximum Gasteiger partial charge on any atom is 0.263 e. The number of rotatable bonds is 7. The van der Waals surface area contributed by atoms with Gasteiger partial charge < -0.3 is 20.1 Å². The summed E-state index contributed by atoms with van der Waals surface area (Å²) in [7, 11) is 1.53. The fourth-order valence-corrected chi connectivity index (χ4v) is 2.64. The lowest BCUT2D eigenvalue weighted by Gasteiger charge is -2.26. The van der Waals surface area contributed by atoms with E-state index in [4.69, 9.17) is 21.1 Å². The third-order valence-corrected chi connectivity index (χ3v) is 4.44. The number of aryl methyl sites for hydroxylation is 1. The molecule has 0 aromatic heterocycles. The van der Waals surface area contributed by atoms with Crippen LogP contribution in [0.25, 0.3) is 0 Å². The molecule has 0 atom stereocenters. The van der Waals surface area contributed by atoms with Gasteiger partial charge in [-0.3, -0.25) is 9.69 Å². The van der Waals surface area contributed by atoms with E-state index in [1.807, 2.05) is 13.0 Å². The molecular weight excluding hydrogens is 356 g/mol. The highest BCUT2D eigenvalue weighted by Gasteiger charge is 2.13. The van der Waals surface area contributed by atoms with E-state index in [1.165, 1.54) is 13.3 Å². The Labute approximate surface area is 158 Å². The molecule has 1 saturated heterocycles. The smallest absolute Gasteiger partial charge is 0.263 e. The van der Waals surface area contributed by atoms with Crippen LogP contribution in [0.5, 0.6) is 5.75 Å². The van der Waals surface area contributed by atoms with Crippen molar-refractivity contribution in [2.24, 2.45) is 0 Å². The van der Waals surface area contributed by atoms with E-state index in [9.17, 15) is 10.1 Å². The first-order valence-electron chi connectivity index (χ1n) is 8.34. The number of carbonyl (C=O) groups is 1. The molecule has 0 aliphatic carbocycles. The number of amides is 1. The number of morpholine rings is 1. The number of hydrogen-bond acceptors (Lipinski definition) is 6. The van der Waals surface area contributed by atoms with Gasteiger partial charge in [0, 0.05) is 43.5 Å². The van der Waals surface area contributed by atoms with Gasteiger partial charge in [-0.1, -0.05) is 11.6 Å². The minimum atomic E-state index is -0.419. The second kappa shape index (κ2) is 10.0. The van der Waals surface area contributed by atoms with Crippen molar-refractivity contribution in [2.45, 2.75) is 6.92 Å². The van der Waals surface area contributed by atoms with Gasteiger partial charge in [0.15, 0.2) is 0 Å². The van der Waals surface area contributed by atoms with Gasteiger partial charge in [0.05, 0.1) is 26.0 Å². The predicted octanol–water partition coefficient (Wildman–Crippen LogP) is 1.92. The fourth-order valence-electron chi connectivity index (χ4n) is 2.49. The number of hydrogen-bond donors (Lipinski definition) is 2. The summed E-state index contributed by atoms with van der Waals surface area (Å²) < 4.78 is 10.5. The lowest BCUT2D eigenvalue weighted by molar-refractivity contribution is -0.117. The van der Waals surface area contributed by atoms with Crippen LogP contribution in [-0.4, -0.2) is 57.3 Å². The van der Waals surface area contributed by atoms with E-state index in [0.29, 0.717) is 36.2 Å². The maximum absolute atomic E-state index is 12.2. The molecule has 1 aliphatic rings. The highest BCUT2D eigenvalue weighted by atomic mass is 35.5. The zero-order chi connectivity index (χ0) is 18.9. The van der Waals surface area contributed by atoms with Crippen LogP contribution in [0.1, 0.15) is 5.56 Å². The van der Waals surface area contributed by atoms with Crippen LogP contribution in [0.15, 0.2) is 23.9 Å². The van der Waals surface area contributed by atoms with Gasteiger partial charge in [0.1, 0.15) is 17.4 Å². The van der Waals surface area contributed by atoms with Crippen molar-refractivity contribution in [3.8, 4) is 11.8 Å². The summed E-state index contributed by atoms with van der Waals surface area (Å²) in [6, 6.07) is 5.39. The van der Waals surface area contributed by atoms with Crippen LogP contribution in [0, 0.1) is 18.3 Å². The Bertz CT molecular complexity index is 709. The summed E-state index contributed by atoms with van der Waals surface area (Å²) >= 11 is 6.07. The molecule has 7 nitrogen and oxygen atoms in total. The fraction of sp³-hybridized carbons (Fsp3) is 0.444. The third-order valence-electron chi connectivity index (χ3n) is 4.04. The van der Waals surface area contributed by atoms with Crippen molar-refractivity contribution in [3.63, 3.8) is 0 Å². The number of methoxy groups -OCH3 is 1. The minimum absolute atomic E-state index is 0.0124. The molecule has 0 radical (unpaired) electrons. The number of anilines is 1. The average Bonchev–Trinajstić information content (AvgIpc) is 2.65. The van der Waals surface area contributed by atoms with E-state index < -0.39 is 5.91 Å². The standard InChI is InChI=1S/C18H23ClN4O3/c1-13-9-16(17(25-2)10-15(13)19)22-12-14(11-20)18(24)21-3-4-23-5-7-26-8-6-23/h9-10,12,22H,3-8H2,1-2H3,(H,21,24)/b14-12-. The summed E-state index contributed by atoms with van der Waals surface area (Å²) in [5, 5.41) is 15.5. The van der Waals surface area contributed by atoms with Gasteiger partial charge in [-0.05, 0) is 18.6 Å². The average molecular weight is 379 g/mol. The first-order valence-corrected chi connectivity index (χ1v) is 8.72. The Morgan fingerprint density at radius 2 is 2.19 bits per heavy atom. The molecule has 1 aliphatic heterocycles. The Morgan fingerprint density at radius 3 is 2.85 bits per heavy atom. The SMILES string of the molecule is COc1cc(Cl)c(C)cc1N/C=C(/C#N)C(=O)NCCN1CCOCC1. The molecule has 0 bridgehead atoms.